The standard InChI is InChI=1S/C26H30N8O/c1-15(2)23-19-11-16(26-32-30-22(35-26)14-34-10-8-17(13-34)33(3)4)5-6-21(19)29-24(23)18-7-9-27-25-20(18)12-28-31-25/h5-7,9,11-12,15,17,29H,8,10,13-14H2,1-4H3,(H,27,28,31). The van der Waals surface area contributed by atoms with Gasteiger partial charge in [0.25, 0.3) is 0 Å². The first-order valence-electron chi connectivity index (χ1n) is 12.1. The number of H-pyrrole nitrogens is 2. The molecule has 1 aromatic carbocycles. The van der Waals surface area contributed by atoms with Gasteiger partial charge < -0.3 is 14.3 Å². The van der Waals surface area contributed by atoms with Gasteiger partial charge in [0.2, 0.25) is 11.8 Å². The number of pyridine rings is 1. The number of aromatic amines is 2. The molecule has 0 radical (unpaired) electrons. The second kappa shape index (κ2) is 8.58. The molecule has 180 valence electrons. The van der Waals surface area contributed by atoms with E-state index in [-0.39, 0.29) is 0 Å². The van der Waals surface area contributed by atoms with Gasteiger partial charge in [-0.05, 0) is 56.3 Å². The van der Waals surface area contributed by atoms with Crippen molar-refractivity contribution >= 4 is 21.9 Å². The summed E-state index contributed by atoms with van der Waals surface area (Å²) in [6.45, 7) is 7.20. The molecule has 1 atom stereocenters. The van der Waals surface area contributed by atoms with Crippen molar-refractivity contribution in [2.75, 3.05) is 27.2 Å². The monoisotopic (exact) mass is 470 g/mol. The van der Waals surface area contributed by atoms with Crippen molar-refractivity contribution < 1.29 is 4.42 Å². The highest BCUT2D eigenvalue weighted by Crippen LogP contribution is 2.39. The van der Waals surface area contributed by atoms with E-state index in [0.717, 1.165) is 51.8 Å². The normalized spacial score (nSPS) is 17.0. The fourth-order valence-electron chi connectivity index (χ4n) is 5.23. The van der Waals surface area contributed by atoms with E-state index in [1.54, 1.807) is 0 Å². The molecular formula is C26H30N8O. The van der Waals surface area contributed by atoms with Crippen molar-refractivity contribution in [3.63, 3.8) is 0 Å². The third kappa shape index (κ3) is 3.90. The molecule has 9 heteroatoms. The van der Waals surface area contributed by atoms with E-state index in [2.05, 4.69) is 80.2 Å². The molecule has 0 amide bonds. The number of aromatic nitrogens is 6. The minimum Gasteiger partial charge on any atom is -0.419 e. The van der Waals surface area contributed by atoms with Gasteiger partial charge >= 0.3 is 0 Å². The first-order valence-corrected chi connectivity index (χ1v) is 12.1. The highest BCUT2D eigenvalue weighted by atomic mass is 16.4. The van der Waals surface area contributed by atoms with Crippen LogP contribution >= 0.6 is 0 Å². The van der Waals surface area contributed by atoms with Crippen LogP contribution in [-0.4, -0.2) is 73.4 Å². The fraction of sp³-hybridized carbons (Fsp3) is 0.385. The second-order valence-electron chi connectivity index (χ2n) is 9.96. The Morgan fingerprint density at radius 1 is 1.17 bits per heavy atom. The third-order valence-corrected chi connectivity index (χ3v) is 7.09. The molecular weight excluding hydrogens is 440 g/mol. The van der Waals surface area contributed by atoms with Crippen LogP contribution in [0, 0.1) is 0 Å². The predicted molar refractivity (Wildman–Crippen MR) is 136 cm³/mol. The number of likely N-dealkylation sites (tertiary alicyclic amines) is 1. The molecule has 0 bridgehead atoms. The summed E-state index contributed by atoms with van der Waals surface area (Å²) in [5, 5.41) is 18.0. The Morgan fingerprint density at radius 2 is 2.06 bits per heavy atom. The quantitative estimate of drug-likeness (QED) is 0.379. The predicted octanol–water partition coefficient (Wildman–Crippen LogP) is 4.42. The molecule has 35 heavy (non-hydrogen) atoms. The van der Waals surface area contributed by atoms with Crippen LogP contribution < -0.4 is 0 Å². The average Bonchev–Trinajstić information content (AvgIpc) is 3.63. The zero-order valence-corrected chi connectivity index (χ0v) is 20.5. The van der Waals surface area contributed by atoms with Crippen LogP contribution in [0.2, 0.25) is 0 Å². The number of hydrogen-bond acceptors (Lipinski definition) is 7. The largest absolute Gasteiger partial charge is 0.419 e. The van der Waals surface area contributed by atoms with Gasteiger partial charge in [-0.15, -0.1) is 10.2 Å². The summed E-state index contributed by atoms with van der Waals surface area (Å²) in [7, 11) is 4.28. The van der Waals surface area contributed by atoms with Gasteiger partial charge in [-0.3, -0.25) is 10.00 Å². The van der Waals surface area contributed by atoms with E-state index >= 15 is 0 Å². The van der Waals surface area contributed by atoms with Gasteiger partial charge in [-0.1, -0.05) is 13.8 Å². The van der Waals surface area contributed by atoms with Crippen molar-refractivity contribution in [1.29, 1.82) is 0 Å². The van der Waals surface area contributed by atoms with E-state index in [4.69, 9.17) is 4.42 Å². The van der Waals surface area contributed by atoms with Crippen molar-refractivity contribution in [3.05, 3.63) is 48.1 Å². The Kier molecular flexibility index (Phi) is 5.38. The van der Waals surface area contributed by atoms with E-state index in [0.29, 0.717) is 30.3 Å². The van der Waals surface area contributed by atoms with Crippen molar-refractivity contribution in [3.8, 4) is 22.7 Å². The Hall–Kier alpha value is -3.56. The van der Waals surface area contributed by atoms with E-state index in [9.17, 15) is 0 Å². The summed E-state index contributed by atoms with van der Waals surface area (Å²) in [4.78, 5) is 12.7. The van der Waals surface area contributed by atoms with Gasteiger partial charge in [0, 0.05) is 52.7 Å². The molecule has 4 aromatic heterocycles. The number of nitrogens with one attached hydrogen (secondary N) is 2. The number of nitrogens with zero attached hydrogens (tertiary/aromatic N) is 6. The Morgan fingerprint density at radius 3 is 2.86 bits per heavy atom. The summed E-state index contributed by atoms with van der Waals surface area (Å²) in [6, 6.07) is 8.93. The smallest absolute Gasteiger partial charge is 0.247 e. The minimum atomic E-state index is 0.308. The van der Waals surface area contributed by atoms with Gasteiger partial charge in [-0.2, -0.15) is 5.10 Å². The zero-order chi connectivity index (χ0) is 24.1. The SMILES string of the molecule is CC(C)c1c(-c2ccnc3[nH]ncc23)[nH]c2ccc(-c3nnc(CN4CCC(N(C)C)C4)o3)cc12. The van der Waals surface area contributed by atoms with Crippen LogP contribution in [0.15, 0.2) is 41.1 Å². The van der Waals surface area contributed by atoms with Gasteiger partial charge in [0.15, 0.2) is 5.65 Å². The van der Waals surface area contributed by atoms with E-state index < -0.39 is 0 Å². The molecule has 2 N–H and O–H groups in total. The maximum Gasteiger partial charge on any atom is 0.247 e. The molecule has 0 spiro atoms. The molecule has 1 unspecified atom stereocenters. The lowest BCUT2D eigenvalue weighted by Gasteiger charge is -2.19. The number of benzene rings is 1. The maximum absolute atomic E-state index is 6.11. The van der Waals surface area contributed by atoms with E-state index in [1.165, 1.54) is 12.0 Å². The summed E-state index contributed by atoms with van der Waals surface area (Å²) in [6.07, 6.45) is 4.82. The Bertz CT molecular complexity index is 1490. The molecule has 5 heterocycles. The highest BCUT2D eigenvalue weighted by molar-refractivity contribution is 5.99. The van der Waals surface area contributed by atoms with E-state index in [1.807, 2.05) is 24.5 Å². The first kappa shape index (κ1) is 21.9. The third-order valence-electron chi connectivity index (χ3n) is 7.09. The second-order valence-corrected chi connectivity index (χ2v) is 9.96. The number of likely N-dealkylation sites (N-methyl/N-ethyl adjacent to an activating group) is 1. The summed E-state index contributed by atoms with van der Waals surface area (Å²) >= 11 is 0. The molecule has 0 aliphatic carbocycles. The van der Waals surface area contributed by atoms with Gasteiger partial charge in [0.1, 0.15) is 0 Å². The summed E-state index contributed by atoms with van der Waals surface area (Å²) < 4.78 is 6.11. The molecule has 6 rings (SSSR count). The molecule has 1 fully saturated rings. The van der Waals surface area contributed by atoms with Crippen LogP contribution in [-0.2, 0) is 6.54 Å². The van der Waals surface area contributed by atoms with Crippen LogP contribution in [0.1, 0.15) is 37.6 Å². The summed E-state index contributed by atoms with van der Waals surface area (Å²) in [5.41, 5.74) is 6.22. The molecule has 1 saturated heterocycles. The average molecular weight is 471 g/mol. The van der Waals surface area contributed by atoms with Crippen LogP contribution in [0.5, 0.6) is 0 Å². The molecule has 1 aliphatic rings. The molecule has 5 aromatic rings. The lowest BCUT2D eigenvalue weighted by atomic mass is 9.95. The highest BCUT2D eigenvalue weighted by Gasteiger charge is 2.25. The number of fused-ring (bicyclic) bond motifs is 2. The summed E-state index contributed by atoms with van der Waals surface area (Å²) in [5.74, 6) is 1.53. The Labute approximate surface area is 203 Å². The lowest BCUT2D eigenvalue weighted by molar-refractivity contribution is 0.249. The maximum atomic E-state index is 6.11. The Balaban J connectivity index is 1.34. The van der Waals surface area contributed by atoms with Gasteiger partial charge in [0.05, 0.1) is 18.4 Å². The molecule has 0 saturated carbocycles. The van der Waals surface area contributed by atoms with Crippen LogP contribution in [0.3, 0.4) is 0 Å². The van der Waals surface area contributed by atoms with Crippen molar-refractivity contribution in [2.24, 2.45) is 0 Å². The van der Waals surface area contributed by atoms with Crippen LogP contribution in [0.4, 0.5) is 0 Å². The topological polar surface area (TPSA) is 103 Å². The number of hydrogen-bond donors (Lipinski definition) is 2. The molecule has 9 nitrogen and oxygen atoms in total. The fourth-order valence-corrected chi connectivity index (χ4v) is 5.23. The first-order chi connectivity index (χ1) is 17.0. The lowest BCUT2D eigenvalue weighted by Crippen LogP contribution is -2.31. The number of rotatable bonds is 6. The molecule has 1 aliphatic heterocycles. The van der Waals surface area contributed by atoms with Gasteiger partial charge in [-0.25, -0.2) is 4.98 Å². The van der Waals surface area contributed by atoms with Crippen molar-refractivity contribution in [1.82, 2.24) is 40.2 Å². The minimum absolute atomic E-state index is 0.308. The zero-order valence-electron chi connectivity index (χ0n) is 20.5. The van der Waals surface area contributed by atoms with Crippen LogP contribution in [0.25, 0.3) is 44.6 Å². The van der Waals surface area contributed by atoms with Crippen molar-refractivity contribution in [2.45, 2.75) is 38.8 Å².